The minimum absolute atomic E-state index is 0.118. The first-order valence-electron chi connectivity index (χ1n) is 9.58. The number of carbonyl (C=O) groups is 1. The van der Waals surface area contributed by atoms with E-state index in [1.165, 1.54) is 0 Å². The average Bonchev–Trinajstić information content (AvgIpc) is 3.21. The Morgan fingerprint density at radius 2 is 2.15 bits per heavy atom. The van der Waals surface area contributed by atoms with Crippen LogP contribution in [-0.4, -0.2) is 25.3 Å². The summed E-state index contributed by atoms with van der Waals surface area (Å²) in [5.74, 6) is 0.305. The third-order valence-electron chi connectivity index (χ3n) is 6.62. The second kappa shape index (κ2) is 5.19. The van der Waals surface area contributed by atoms with E-state index in [0.717, 1.165) is 41.3 Å². The first-order chi connectivity index (χ1) is 12.9. The number of hydrogen-bond donors (Lipinski definition) is 1. The molecule has 3 aliphatic carbocycles. The zero-order valence-corrected chi connectivity index (χ0v) is 15.7. The molecule has 0 radical (unpaired) electrons. The van der Waals surface area contributed by atoms with Gasteiger partial charge in [-0.05, 0) is 51.0 Å². The minimum Gasteiger partial charge on any atom is -0.346 e. The lowest BCUT2D eigenvalue weighted by atomic mass is 9.38. The predicted octanol–water partition coefficient (Wildman–Crippen LogP) is 4.08. The van der Waals surface area contributed by atoms with Gasteiger partial charge in [-0.3, -0.25) is 4.79 Å². The van der Waals surface area contributed by atoms with Crippen LogP contribution in [-0.2, 0) is 10.3 Å². The summed E-state index contributed by atoms with van der Waals surface area (Å²) >= 11 is 0. The summed E-state index contributed by atoms with van der Waals surface area (Å²) in [4.78, 5) is 24.6. The summed E-state index contributed by atoms with van der Waals surface area (Å²) in [6, 6.07) is 4.34. The van der Waals surface area contributed by atoms with E-state index in [-0.39, 0.29) is 11.0 Å². The highest BCUT2D eigenvalue weighted by molar-refractivity contribution is 6.01. The van der Waals surface area contributed by atoms with Gasteiger partial charge in [-0.2, -0.15) is 5.26 Å². The smallest absolute Gasteiger partial charge is 0.139 e. The molecular weight excluding hydrogens is 338 g/mol. The van der Waals surface area contributed by atoms with E-state index in [2.05, 4.69) is 31.7 Å². The van der Waals surface area contributed by atoms with Crippen molar-refractivity contribution in [2.24, 2.45) is 10.8 Å². The molecule has 1 N–H and O–H groups in total. The quantitative estimate of drug-likeness (QED) is 0.716. The molecule has 3 aromatic heterocycles. The molecule has 6 heteroatoms. The zero-order valence-electron chi connectivity index (χ0n) is 15.7. The van der Waals surface area contributed by atoms with Crippen LogP contribution in [0.3, 0.4) is 0 Å². The lowest BCUT2D eigenvalue weighted by molar-refractivity contribution is -0.190. The lowest BCUT2D eigenvalue weighted by Gasteiger charge is -2.71. The van der Waals surface area contributed by atoms with Crippen molar-refractivity contribution in [3.63, 3.8) is 0 Å². The maximum absolute atomic E-state index is 12.4. The van der Waals surface area contributed by atoms with Crippen molar-refractivity contribution in [2.45, 2.75) is 57.9 Å². The first-order valence-corrected chi connectivity index (χ1v) is 9.58. The van der Waals surface area contributed by atoms with Gasteiger partial charge in [0.05, 0.1) is 29.5 Å². The van der Waals surface area contributed by atoms with Crippen molar-refractivity contribution < 1.29 is 4.79 Å². The Bertz CT molecular complexity index is 1090. The molecule has 0 amide bonds. The number of ketones is 1. The van der Waals surface area contributed by atoms with Crippen molar-refractivity contribution in [3.05, 3.63) is 24.8 Å². The van der Waals surface area contributed by atoms with Gasteiger partial charge < -0.3 is 9.55 Å². The van der Waals surface area contributed by atoms with Crippen LogP contribution in [0.4, 0.5) is 0 Å². The number of fused-ring (bicyclic) bond motifs is 3. The van der Waals surface area contributed by atoms with Gasteiger partial charge in [0.15, 0.2) is 0 Å². The van der Waals surface area contributed by atoms with Crippen LogP contribution in [0.1, 0.15) is 52.4 Å². The predicted molar refractivity (Wildman–Crippen MR) is 102 cm³/mol. The Morgan fingerprint density at radius 1 is 1.37 bits per heavy atom. The number of nitrogens with one attached hydrogen (secondary N) is 1. The molecule has 3 aliphatic rings. The molecule has 3 fully saturated rings. The second-order valence-electron chi connectivity index (χ2n) is 9.31. The van der Waals surface area contributed by atoms with Crippen LogP contribution in [0.2, 0.25) is 0 Å². The minimum atomic E-state index is -0.415. The number of rotatable bonds is 6. The number of hydrogen-bond acceptors (Lipinski definition) is 4. The summed E-state index contributed by atoms with van der Waals surface area (Å²) in [7, 11) is 0. The second-order valence-corrected chi connectivity index (χ2v) is 9.31. The molecule has 3 aromatic rings. The largest absolute Gasteiger partial charge is 0.346 e. The Morgan fingerprint density at radius 3 is 2.89 bits per heavy atom. The van der Waals surface area contributed by atoms with Gasteiger partial charge in [-0.1, -0.05) is 0 Å². The molecule has 2 bridgehead atoms. The highest BCUT2D eigenvalue weighted by Gasteiger charge is 2.69. The summed E-state index contributed by atoms with van der Waals surface area (Å²) in [5.41, 5.74) is 2.84. The first kappa shape index (κ1) is 16.5. The van der Waals surface area contributed by atoms with Crippen molar-refractivity contribution in [3.8, 4) is 6.07 Å². The highest BCUT2D eigenvalue weighted by atomic mass is 16.1. The standard InChI is InChI=1S/C21H23N5O/c1-19(2,12-22)5-3-14(27)7-20-9-21(10-20,11-20)26-13-25-16-8-24-18-15(17(16)26)4-6-23-18/h4,6,8,13H,3,5,7,9-11H2,1-2H3,(H,23,24). The molecule has 6 rings (SSSR count). The van der Waals surface area contributed by atoms with Crippen molar-refractivity contribution >= 4 is 27.9 Å². The zero-order chi connectivity index (χ0) is 18.9. The van der Waals surface area contributed by atoms with Crippen molar-refractivity contribution in [1.82, 2.24) is 19.5 Å². The third-order valence-corrected chi connectivity index (χ3v) is 6.62. The molecule has 27 heavy (non-hydrogen) atoms. The number of imidazole rings is 1. The summed E-state index contributed by atoms with van der Waals surface area (Å²) in [5, 5.41) is 10.2. The van der Waals surface area contributed by atoms with E-state index in [9.17, 15) is 4.79 Å². The summed E-state index contributed by atoms with van der Waals surface area (Å²) in [6.07, 6.45) is 10.6. The fraction of sp³-hybridized carbons (Fsp3) is 0.524. The summed E-state index contributed by atoms with van der Waals surface area (Å²) < 4.78 is 2.32. The van der Waals surface area contributed by atoms with E-state index in [0.29, 0.717) is 25.0 Å². The van der Waals surface area contributed by atoms with Gasteiger partial charge in [-0.15, -0.1) is 0 Å². The highest BCUT2D eigenvalue weighted by Crippen LogP contribution is 2.73. The molecule has 0 spiro atoms. The van der Waals surface area contributed by atoms with E-state index < -0.39 is 5.41 Å². The fourth-order valence-electron chi connectivity index (χ4n) is 5.26. The molecule has 3 heterocycles. The number of nitrogens with zero attached hydrogens (tertiary/aromatic N) is 4. The topological polar surface area (TPSA) is 87.4 Å². The number of aromatic nitrogens is 4. The van der Waals surface area contributed by atoms with Gasteiger partial charge >= 0.3 is 0 Å². The van der Waals surface area contributed by atoms with Gasteiger partial charge in [-0.25, -0.2) is 9.97 Å². The van der Waals surface area contributed by atoms with E-state index in [1.54, 1.807) is 0 Å². The van der Waals surface area contributed by atoms with Crippen molar-refractivity contribution in [1.29, 1.82) is 5.26 Å². The molecule has 3 saturated carbocycles. The fourth-order valence-corrected chi connectivity index (χ4v) is 5.26. The number of nitriles is 1. The number of carbonyl (C=O) groups excluding carboxylic acids is 1. The van der Waals surface area contributed by atoms with E-state index >= 15 is 0 Å². The number of pyridine rings is 1. The Labute approximate surface area is 157 Å². The molecule has 0 aliphatic heterocycles. The monoisotopic (exact) mass is 361 g/mol. The Kier molecular flexibility index (Phi) is 3.17. The van der Waals surface area contributed by atoms with Gasteiger partial charge in [0.2, 0.25) is 0 Å². The molecule has 0 unspecified atom stereocenters. The maximum Gasteiger partial charge on any atom is 0.139 e. The van der Waals surface area contributed by atoms with Gasteiger partial charge in [0.1, 0.15) is 16.9 Å². The number of Topliss-reactive ketones (excluding diaryl/α,β-unsaturated/α-hetero) is 1. The molecule has 0 aromatic carbocycles. The number of H-pyrrole nitrogens is 1. The van der Waals surface area contributed by atoms with Crippen LogP contribution in [0.15, 0.2) is 24.8 Å². The molecule has 6 nitrogen and oxygen atoms in total. The summed E-state index contributed by atoms with van der Waals surface area (Å²) in [6.45, 7) is 3.80. The SMILES string of the molecule is CC(C)(C#N)CCC(=O)CC12CC(n3cnc4cnc5[nH]ccc5c43)(C1)C2. The van der Waals surface area contributed by atoms with Gasteiger partial charge in [0, 0.05) is 30.0 Å². The van der Waals surface area contributed by atoms with Crippen LogP contribution < -0.4 is 0 Å². The van der Waals surface area contributed by atoms with Crippen LogP contribution in [0.5, 0.6) is 0 Å². The average molecular weight is 361 g/mol. The molecular formula is C21H23N5O. The Hall–Kier alpha value is -2.68. The van der Waals surface area contributed by atoms with E-state index in [1.807, 2.05) is 32.6 Å². The maximum atomic E-state index is 12.4. The molecule has 0 atom stereocenters. The van der Waals surface area contributed by atoms with Crippen LogP contribution >= 0.6 is 0 Å². The molecule has 138 valence electrons. The van der Waals surface area contributed by atoms with Crippen LogP contribution in [0.25, 0.3) is 22.1 Å². The lowest BCUT2D eigenvalue weighted by Crippen LogP contribution is -2.67. The van der Waals surface area contributed by atoms with Crippen molar-refractivity contribution in [2.75, 3.05) is 0 Å². The van der Waals surface area contributed by atoms with Crippen LogP contribution in [0, 0.1) is 22.2 Å². The Balaban J connectivity index is 1.31. The number of aromatic amines is 1. The molecule has 0 saturated heterocycles. The van der Waals surface area contributed by atoms with Gasteiger partial charge in [0.25, 0.3) is 0 Å². The van der Waals surface area contributed by atoms with E-state index in [4.69, 9.17) is 5.26 Å². The third kappa shape index (κ3) is 2.34. The normalized spacial score (nSPS) is 26.6.